The summed E-state index contributed by atoms with van der Waals surface area (Å²) in [7, 11) is 0. The summed E-state index contributed by atoms with van der Waals surface area (Å²) >= 11 is 0. The van der Waals surface area contributed by atoms with Gasteiger partial charge in [0.05, 0.1) is 0 Å². The Morgan fingerprint density at radius 1 is 1.50 bits per heavy atom. The standard InChI is InChI=1S/C6H14/c1-4-6(3)5-2/h6H,4-5H2,1-3H3/i3D. The zero-order valence-corrected chi connectivity index (χ0v) is 4.70. The van der Waals surface area contributed by atoms with Crippen LogP contribution in [0.2, 0.25) is 0 Å². The lowest BCUT2D eigenvalue weighted by Crippen LogP contribution is -1.85. The molecule has 0 aromatic carbocycles. The molecule has 0 amide bonds. The molecule has 0 atom stereocenters. The van der Waals surface area contributed by atoms with Gasteiger partial charge in [-0.3, -0.25) is 0 Å². The van der Waals surface area contributed by atoms with Crippen molar-refractivity contribution < 1.29 is 1.37 Å². The molecule has 0 N–H and O–H groups in total. The molecule has 0 unspecified atom stereocenters. The van der Waals surface area contributed by atoms with Crippen molar-refractivity contribution in [3.8, 4) is 0 Å². The van der Waals surface area contributed by atoms with Crippen molar-refractivity contribution in [2.24, 2.45) is 5.92 Å². The molecular weight excluding hydrogens is 72.1 g/mol. The average molecular weight is 87.2 g/mol. The van der Waals surface area contributed by atoms with Gasteiger partial charge in [0.25, 0.3) is 0 Å². The Bertz CT molecular complexity index is 25.7. The fourth-order valence-electron chi connectivity index (χ4n) is 0.289. The Hall–Kier alpha value is 0. The van der Waals surface area contributed by atoms with Crippen molar-refractivity contribution in [1.82, 2.24) is 0 Å². The highest BCUT2D eigenvalue weighted by atomic mass is 13.9. The monoisotopic (exact) mass is 87.1 g/mol. The zero-order chi connectivity index (χ0) is 5.70. The zero-order valence-electron chi connectivity index (χ0n) is 5.70. The predicted octanol–water partition coefficient (Wildman–Crippen LogP) is 2.44. The molecule has 0 spiro atoms. The molecule has 0 heterocycles. The van der Waals surface area contributed by atoms with Crippen LogP contribution in [0.3, 0.4) is 0 Å². The fraction of sp³-hybridized carbons (Fsp3) is 1.00. The predicted molar refractivity (Wildman–Crippen MR) is 29.7 cm³/mol. The second-order valence-corrected chi connectivity index (χ2v) is 1.68. The summed E-state index contributed by atoms with van der Waals surface area (Å²) in [6.45, 7) is 4.89. The maximum absolute atomic E-state index is 6.96. The van der Waals surface area contributed by atoms with Gasteiger partial charge in [-0.05, 0) is 5.92 Å². The highest BCUT2D eigenvalue weighted by molar-refractivity contribution is 4.41. The Morgan fingerprint density at radius 2 is 2.00 bits per heavy atom. The molecule has 0 aliphatic heterocycles. The number of rotatable bonds is 2. The summed E-state index contributed by atoms with van der Waals surface area (Å²) in [5.41, 5.74) is 0. The molecular formula is C6H14. The molecule has 38 valence electrons. The van der Waals surface area contributed by atoms with Crippen LogP contribution < -0.4 is 0 Å². The van der Waals surface area contributed by atoms with Crippen molar-refractivity contribution in [2.75, 3.05) is 0 Å². The maximum Gasteiger partial charge on any atom is 0.0233 e. The van der Waals surface area contributed by atoms with Crippen molar-refractivity contribution in [3.05, 3.63) is 0 Å². The summed E-state index contributed by atoms with van der Waals surface area (Å²) in [5, 5.41) is 0. The van der Waals surface area contributed by atoms with Crippen LogP contribution in [0.4, 0.5) is 0 Å². The second kappa shape index (κ2) is 3.20. The highest BCUT2D eigenvalue weighted by Crippen LogP contribution is 2.02. The van der Waals surface area contributed by atoms with Gasteiger partial charge in [0.1, 0.15) is 0 Å². The molecule has 0 bridgehead atoms. The van der Waals surface area contributed by atoms with Crippen LogP contribution in [-0.2, 0) is 0 Å². The summed E-state index contributed by atoms with van der Waals surface area (Å²) in [4.78, 5) is 0. The smallest absolute Gasteiger partial charge is 0.0233 e. The van der Waals surface area contributed by atoms with Gasteiger partial charge in [-0.2, -0.15) is 0 Å². The van der Waals surface area contributed by atoms with E-state index >= 15 is 0 Å². The van der Waals surface area contributed by atoms with E-state index in [2.05, 4.69) is 13.8 Å². The SMILES string of the molecule is [2H]CC(CC)CC. The summed E-state index contributed by atoms with van der Waals surface area (Å²) < 4.78 is 6.96. The third kappa shape index (κ3) is 2.25. The minimum atomic E-state index is 0.604. The first kappa shape index (κ1) is 4.17. The first-order valence-electron chi connectivity index (χ1n) is 3.35. The molecule has 0 fully saturated rings. The summed E-state index contributed by atoms with van der Waals surface area (Å²) in [6.07, 6.45) is 2.33. The van der Waals surface area contributed by atoms with Crippen molar-refractivity contribution in [3.63, 3.8) is 0 Å². The van der Waals surface area contributed by atoms with Gasteiger partial charge in [0.2, 0.25) is 0 Å². The normalized spacial score (nSPS) is 12.2. The number of hydrogen-bond donors (Lipinski definition) is 0. The Labute approximate surface area is 42.0 Å². The second-order valence-electron chi connectivity index (χ2n) is 1.68. The van der Waals surface area contributed by atoms with Gasteiger partial charge in [0.15, 0.2) is 0 Å². The molecule has 0 rings (SSSR count). The molecule has 0 aliphatic rings. The van der Waals surface area contributed by atoms with E-state index in [1.165, 1.54) is 12.8 Å². The van der Waals surface area contributed by atoms with Gasteiger partial charge in [-0.25, -0.2) is 0 Å². The van der Waals surface area contributed by atoms with E-state index in [0.717, 1.165) is 0 Å². The van der Waals surface area contributed by atoms with Gasteiger partial charge >= 0.3 is 0 Å². The third-order valence-electron chi connectivity index (χ3n) is 1.15. The first-order chi connectivity index (χ1) is 3.35. The van der Waals surface area contributed by atoms with E-state index in [9.17, 15) is 0 Å². The molecule has 0 saturated carbocycles. The summed E-state index contributed by atoms with van der Waals surface area (Å²) in [6, 6.07) is 0. The lowest BCUT2D eigenvalue weighted by molar-refractivity contribution is 0.544. The molecule has 0 aromatic rings. The average Bonchev–Trinajstić information content (AvgIpc) is 1.72. The first-order valence-corrected chi connectivity index (χ1v) is 2.64. The minimum absolute atomic E-state index is 0.604. The summed E-state index contributed by atoms with van der Waals surface area (Å²) in [5.74, 6) is 0.653. The number of hydrogen-bond acceptors (Lipinski definition) is 0. The quantitative estimate of drug-likeness (QED) is 0.485. The van der Waals surface area contributed by atoms with E-state index in [-0.39, 0.29) is 0 Å². The van der Waals surface area contributed by atoms with Crippen LogP contribution in [0.1, 0.15) is 35.0 Å². The van der Waals surface area contributed by atoms with Crippen molar-refractivity contribution >= 4 is 0 Å². The Kier molecular flexibility index (Phi) is 2.22. The van der Waals surface area contributed by atoms with Gasteiger partial charge in [-0.1, -0.05) is 33.6 Å². The Morgan fingerprint density at radius 3 is 2.00 bits per heavy atom. The highest BCUT2D eigenvalue weighted by Gasteiger charge is 1.88. The molecule has 0 heteroatoms. The largest absolute Gasteiger partial charge is 0.0651 e. The van der Waals surface area contributed by atoms with Crippen LogP contribution >= 0.6 is 0 Å². The van der Waals surface area contributed by atoms with Crippen molar-refractivity contribution in [2.45, 2.75) is 33.6 Å². The van der Waals surface area contributed by atoms with Gasteiger partial charge in [0, 0.05) is 1.37 Å². The van der Waals surface area contributed by atoms with E-state index in [1.807, 2.05) is 0 Å². The molecule has 0 aliphatic carbocycles. The minimum Gasteiger partial charge on any atom is -0.0651 e. The van der Waals surface area contributed by atoms with Crippen molar-refractivity contribution in [1.29, 1.82) is 0 Å². The molecule has 6 heavy (non-hydrogen) atoms. The Balaban J connectivity index is 2.99. The van der Waals surface area contributed by atoms with Crippen LogP contribution in [0.25, 0.3) is 0 Å². The third-order valence-corrected chi connectivity index (χ3v) is 1.15. The van der Waals surface area contributed by atoms with Crippen LogP contribution in [-0.4, -0.2) is 0 Å². The van der Waals surface area contributed by atoms with Gasteiger partial charge in [-0.15, -0.1) is 0 Å². The van der Waals surface area contributed by atoms with E-state index in [0.29, 0.717) is 12.8 Å². The van der Waals surface area contributed by atoms with E-state index in [1.54, 1.807) is 0 Å². The van der Waals surface area contributed by atoms with Crippen LogP contribution in [0, 0.1) is 5.92 Å². The maximum atomic E-state index is 6.96. The molecule has 0 saturated heterocycles. The lowest BCUT2D eigenvalue weighted by Gasteiger charge is -1.98. The lowest BCUT2D eigenvalue weighted by atomic mass is 10.1. The fourth-order valence-corrected chi connectivity index (χ4v) is 0.289. The molecule has 0 radical (unpaired) electrons. The molecule has 0 aromatic heterocycles. The van der Waals surface area contributed by atoms with E-state index in [4.69, 9.17) is 1.37 Å². The van der Waals surface area contributed by atoms with Crippen LogP contribution in [0.15, 0.2) is 0 Å². The van der Waals surface area contributed by atoms with E-state index < -0.39 is 0 Å². The van der Waals surface area contributed by atoms with Gasteiger partial charge < -0.3 is 0 Å². The topological polar surface area (TPSA) is 0 Å². The molecule has 0 nitrogen and oxygen atoms in total. The van der Waals surface area contributed by atoms with Crippen LogP contribution in [0.5, 0.6) is 0 Å².